The second-order valence-electron chi connectivity index (χ2n) is 12.4. The van der Waals surface area contributed by atoms with Gasteiger partial charge in [0.2, 0.25) is 5.91 Å². The quantitative estimate of drug-likeness (QED) is 0.0627. The van der Waals surface area contributed by atoms with E-state index in [2.05, 4.69) is 33.1 Å². The Balaban J connectivity index is 1.17. The molecule has 270 valence electrons. The largest absolute Gasteiger partial charge is 0.462 e. The van der Waals surface area contributed by atoms with E-state index in [-0.39, 0.29) is 18.2 Å². The molecular weight excluding hydrogens is 705 g/mol. The van der Waals surface area contributed by atoms with Crippen molar-refractivity contribution in [3.63, 3.8) is 0 Å². The van der Waals surface area contributed by atoms with Crippen molar-refractivity contribution in [3.8, 4) is 0 Å². The molecule has 2 heterocycles. The molecule has 0 saturated carbocycles. The number of benzene rings is 3. The van der Waals surface area contributed by atoms with E-state index >= 15 is 0 Å². The summed E-state index contributed by atoms with van der Waals surface area (Å²) in [4.78, 5) is 59.6. The standard InChI is InChI=1S/C42H40N4O5S2/c1-3-35(40(49)46-41-37(42(50)51-4-2)33-21-20-30(24-36(33)53-41)28-14-7-5-8-15-28)52-32-19-11-18-31(25-32)44-39(48)34(23-27-13-12-22-43-26-27)45-38(47)29-16-9-6-10-17-29/h5-19,22-23,25-26,30,35H,3-4,20-21,24H2,1-2H3,(H,44,48)(H,45,47)(H,46,49)/b34-23-. The van der Waals surface area contributed by atoms with Crippen LogP contribution in [-0.4, -0.2) is 40.5 Å². The van der Waals surface area contributed by atoms with Gasteiger partial charge in [0.05, 0.1) is 17.4 Å². The lowest BCUT2D eigenvalue weighted by atomic mass is 9.83. The van der Waals surface area contributed by atoms with Gasteiger partial charge >= 0.3 is 5.97 Å². The topological polar surface area (TPSA) is 126 Å². The first-order valence-electron chi connectivity index (χ1n) is 17.6. The fourth-order valence-corrected chi connectivity index (χ4v) is 8.53. The maximum Gasteiger partial charge on any atom is 0.341 e. The van der Waals surface area contributed by atoms with Gasteiger partial charge in [0.25, 0.3) is 11.8 Å². The summed E-state index contributed by atoms with van der Waals surface area (Å²) in [6.07, 6.45) is 7.74. The molecule has 0 saturated heterocycles. The summed E-state index contributed by atoms with van der Waals surface area (Å²) >= 11 is 2.83. The number of carbonyl (C=O) groups excluding carboxylic acids is 4. The number of carbonyl (C=O) groups is 4. The lowest BCUT2D eigenvalue weighted by Gasteiger charge is -2.23. The Morgan fingerprint density at radius 2 is 1.72 bits per heavy atom. The summed E-state index contributed by atoms with van der Waals surface area (Å²) in [6, 6.07) is 29.8. The van der Waals surface area contributed by atoms with E-state index in [1.54, 1.807) is 80.0 Å². The number of thiophene rings is 1. The van der Waals surface area contributed by atoms with Gasteiger partial charge in [-0.25, -0.2) is 4.79 Å². The zero-order valence-electron chi connectivity index (χ0n) is 29.5. The van der Waals surface area contributed by atoms with E-state index in [4.69, 9.17) is 4.74 Å². The number of ether oxygens (including phenoxy) is 1. The Bertz CT molecular complexity index is 2100. The van der Waals surface area contributed by atoms with Crippen LogP contribution in [0.25, 0.3) is 6.08 Å². The minimum atomic E-state index is -0.521. The highest BCUT2D eigenvalue weighted by molar-refractivity contribution is 8.00. The summed E-state index contributed by atoms with van der Waals surface area (Å²) in [7, 11) is 0. The van der Waals surface area contributed by atoms with E-state index in [1.807, 2.05) is 37.3 Å². The molecule has 2 unspecified atom stereocenters. The number of nitrogens with one attached hydrogen (secondary N) is 3. The first kappa shape index (κ1) is 37.2. The van der Waals surface area contributed by atoms with E-state index in [0.717, 1.165) is 34.6 Å². The van der Waals surface area contributed by atoms with Gasteiger partial charge in [0.15, 0.2) is 0 Å². The normalized spacial score (nSPS) is 14.4. The number of aromatic nitrogens is 1. The molecule has 1 aliphatic rings. The second-order valence-corrected chi connectivity index (χ2v) is 14.8. The molecule has 0 fully saturated rings. The number of fused-ring (bicyclic) bond motifs is 1. The zero-order valence-corrected chi connectivity index (χ0v) is 31.1. The molecule has 3 aromatic carbocycles. The lowest BCUT2D eigenvalue weighted by molar-refractivity contribution is -0.116. The molecule has 0 spiro atoms. The van der Waals surface area contributed by atoms with Crippen LogP contribution in [0.5, 0.6) is 0 Å². The van der Waals surface area contributed by atoms with Gasteiger partial charge in [-0.1, -0.05) is 67.6 Å². The molecule has 2 atom stereocenters. The van der Waals surface area contributed by atoms with Gasteiger partial charge in [-0.15, -0.1) is 23.1 Å². The number of nitrogens with zero attached hydrogens (tertiary/aromatic N) is 1. The molecule has 5 aromatic rings. The predicted molar refractivity (Wildman–Crippen MR) is 211 cm³/mol. The molecule has 0 bridgehead atoms. The van der Waals surface area contributed by atoms with Crippen molar-refractivity contribution in [2.75, 3.05) is 17.2 Å². The highest BCUT2D eigenvalue weighted by atomic mass is 32.2. The van der Waals surface area contributed by atoms with Crippen molar-refractivity contribution in [3.05, 3.63) is 148 Å². The highest BCUT2D eigenvalue weighted by Crippen LogP contribution is 2.43. The Morgan fingerprint density at radius 3 is 2.43 bits per heavy atom. The van der Waals surface area contributed by atoms with Crippen molar-refractivity contribution in [1.82, 2.24) is 10.3 Å². The molecule has 0 radical (unpaired) electrons. The van der Waals surface area contributed by atoms with Crippen LogP contribution in [0.1, 0.15) is 74.9 Å². The zero-order chi connectivity index (χ0) is 37.2. The van der Waals surface area contributed by atoms with Crippen molar-refractivity contribution in [2.45, 2.75) is 55.6 Å². The van der Waals surface area contributed by atoms with Gasteiger partial charge < -0.3 is 20.7 Å². The summed E-state index contributed by atoms with van der Waals surface area (Å²) in [6.45, 7) is 3.95. The number of hydrogen-bond acceptors (Lipinski definition) is 8. The van der Waals surface area contributed by atoms with Crippen LogP contribution in [0.2, 0.25) is 0 Å². The van der Waals surface area contributed by atoms with Gasteiger partial charge in [0, 0.05) is 33.4 Å². The van der Waals surface area contributed by atoms with E-state index in [1.165, 1.54) is 28.7 Å². The SMILES string of the molecule is CCOC(=O)c1c(NC(=O)C(CC)Sc2cccc(NC(=O)/C(=C/c3cccnc3)NC(=O)c3ccccc3)c2)sc2c1CCC(c1ccccc1)C2. The Kier molecular flexibility index (Phi) is 12.5. The summed E-state index contributed by atoms with van der Waals surface area (Å²) in [5, 5.41) is 8.75. The number of thioether (sulfide) groups is 1. The Hall–Kier alpha value is -5.52. The van der Waals surface area contributed by atoms with Crippen LogP contribution in [0, 0.1) is 0 Å². The minimum absolute atomic E-state index is 0.0434. The number of hydrogen-bond donors (Lipinski definition) is 3. The molecule has 3 N–H and O–H groups in total. The Labute approximate surface area is 317 Å². The first-order valence-corrected chi connectivity index (χ1v) is 19.3. The number of esters is 1. The van der Waals surface area contributed by atoms with Crippen LogP contribution in [-0.2, 0) is 27.2 Å². The summed E-state index contributed by atoms with van der Waals surface area (Å²) < 4.78 is 5.45. The fourth-order valence-electron chi connectivity index (χ4n) is 6.20. The first-order chi connectivity index (χ1) is 25.8. The van der Waals surface area contributed by atoms with Gasteiger partial charge in [-0.05, 0) is 97.7 Å². The predicted octanol–water partition coefficient (Wildman–Crippen LogP) is 8.51. The summed E-state index contributed by atoms with van der Waals surface area (Å²) in [5.41, 5.74) is 4.29. The number of rotatable bonds is 13. The molecule has 1 aliphatic carbocycles. The van der Waals surface area contributed by atoms with Crippen molar-refractivity contribution < 1.29 is 23.9 Å². The van der Waals surface area contributed by atoms with E-state index in [0.29, 0.717) is 39.7 Å². The molecule has 0 aliphatic heterocycles. The van der Waals surface area contributed by atoms with E-state index in [9.17, 15) is 19.2 Å². The van der Waals surface area contributed by atoms with Crippen LogP contribution in [0.3, 0.4) is 0 Å². The monoisotopic (exact) mass is 744 g/mol. The van der Waals surface area contributed by atoms with E-state index < -0.39 is 23.0 Å². The van der Waals surface area contributed by atoms with Crippen LogP contribution in [0.4, 0.5) is 10.7 Å². The average molecular weight is 745 g/mol. The third kappa shape index (κ3) is 9.48. The van der Waals surface area contributed by atoms with Crippen molar-refractivity contribution in [2.24, 2.45) is 0 Å². The average Bonchev–Trinajstić information content (AvgIpc) is 3.55. The molecule has 11 heteroatoms. The molecule has 2 aromatic heterocycles. The Morgan fingerprint density at radius 1 is 0.943 bits per heavy atom. The number of amides is 3. The fraction of sp³-hybridized carbons (Fsp3) is 0.214. The van der Waals surface area contributed by atoms with Crippen molar-refractivity contribution >= 4 is 63.6 Å². The maximum atomic E-state index is 13.8. The molecule has 9 nitrogen and oxygen atoms in total. The molecular formula is C42H40N4O5S2. The molecule has 3 amide bonds. The number of anilines is 2. The molecule has 53 heavy (non-hydrogen) atoms. The van der Waals surface area contributed by atoms with Crippen LogP contribution < -0.4 is 16.0 Å². The highest BCUT2D eigenvalue weighted by Gasteiger charge is 2.32. The van der Waals surface area contributed by atoms with Crippen LogP contribution in [0.15, 0.2) is 120 Å². The third-order valence-electron chi connectivity index (χ3n) is 8.81. The van der Waals surface area contributed by atoms with Gasteiger partial charge in [-0.2, -0.15) is 0 Å². The maximum absolute atomic E-state index is 13.8. The minimum Gasteiger partial charge on any atom is -0.462 e. The smallest absolute Gasteiger partial charge is 0.341 e. The van der Waals surface area contributed by atoms with Gasteiger partial charge in [-0.3, -0.25) is 19.4 Å². The lowest BCUT2D eigenvalue weighted by Crippen LogP contribution is -2.30. The number of pyridine rings is 1. The second kappa shape index (κ2) is 17.8. The third-order valence-corrected chi connectivity index (χ3v) is 11.3. The van der Waals surface area contributed by atoms with Crippen LogP contribution >= 0.6 is 23.1 Å². The van der Waals surface area contributed by atoms with Gasteiger partial charge in [0.1, 0.15) is 10.7 Å². The molecule has 6 rings (SSSR count). The summed E-state index contributed by atoms with van der Waals surface area (Å²) in [5.74, 6) is -1.24. The van der Waals surface area contributed by atoms with Crippen molar-refractivity contribution in [1.29, 1.82) is 0 Å².